The summed E-state index contributed by atoms with van der Waals surface area (Å²) >= 11 is 0. The van der Waals surface area contributed by atoms with E-state index in [1.54, 1.807) is 0 Å². The molecule has 3 heteroatoms. The lowest BCUT2D eigenvalue weighted by molar-refractivity contribution is -0.0567. The second-order valence-corrected chi connectivity index (χ2v) is 6.92. The van der Waals surface area contributed by atoms with Crippen molar-refractivity contribution in [3.63, 3.8) is 0 Å². The van der Waals surface area contributed by atoms with Crippen molar-refractivity contribution in [2.24, 2.45) is 5.92 Å². The van der Waals surface area contributed by atoms with Gasteiger partial charge in [0.1, 0.15) is 0 Å². The molecular formula is C16H32N2O. The maximum Gasteiger partial charge on any atom is 0.0645 e. The van der Waals surface area contributed by atoms with Gasteiger partial charge in [-0.2, -0.15) is 0 Å². The normalized spacial score (nSPS) is 26.7. The summed E-state index contributed by atoms with van der Waals surface area (Å²) in [4.78, 5) is 2.64. The Kier molecular flexibility index (Phi) is 5.67. The highest BCUT2D eigenvalue weighted by molar-refractivity contribution is 4.90. The molecule has 1 heterocycles. The van der Waals surface area contributed by atoms with E-state index in [2.05, 4.69) is 31.0 Å². The number of nitrogens with zero attached hydrogens (tertiary/aromatic N) is 1. The number of rotatable bonds is 6. The summed E-state index contributed by atoms with van der Waals surface area (Å²) in [7, 11) is 0. The lowest BCUT2D eigenvalue weighted by Crippen LogP contribution is -2.57. The average Bonchev–Trinajstić information content (AvgIpc) is 2.90. The first kappa shape index (κ1) is 15.3. The number of nitrogens with one attached hydrogen (secondary N) is 1. The van der Waals surface area contributed by atoms with Gasteiger partial charge in [-0.15, -0.1) is 0 Å². The van der Waals surface area contributed by atoms with Crippen LogP contribution in [0.5, 0.6) is 0 Å². The molecule has 112 valence electrons. The molecule has 0 aromatic rings. The molecule has 0 aromatic carbocycles. The molecule has 1 saturated heterocycles. The second kappa shape index (κ2) is 7.05. The Morgan fingerprint density at radius 2 is 2.05 bits per heavy atom. The minimum absolute atomic E-state index is 0.197. The van der Waals surface area contributed by atoms with E-state index in [9.17, 15) is 0 Å². The molecule has 19 heavy (non-hydrogen) atoms. The fourth-order valence-electron chi connectivity index (χ4n) is 3.54. The van der Waals surface area contributed by atoms with Gasteiger partial charge in [0.05, 0.1) is 13.2 Å². The smallest absolute Gasteiger partial charge is 0.0645 e. The highest BCUT2D eigenvalue weighted by Crippen LogP contribution is 2.29. The van der Waals surface area contributed by atoms with Crippen LogP contribution in [0.15, 0.2) is 0 Å². The van der Waals surface area contributed by atoms with Gasteiger partial charge in [0.2, 0.25) is 0 Å². The van der Waals surface area contributed by atoms with E-state index in [1.165, 1.54) is 38.6 Å². The zero-order chi connectivity index (χ0) is 13.7. The third kappa shape index (κ3) is 4.17. The van der Waals surface area contributed by atoms with Crippen LogP contribution in [0.4, 0.5) is 0 Å². The van der Waals surface area contributed by atoms with Crippen LogP contribution >= 0.6 is 0 Å². The molecule has 0 radical (unpaired) electrons. The quantitative estimate of drug-likeness (QED) is 0.801. The van der Waals surface area contributed by atoms with Crippen molar-refractivity contribution in [3.05, 3.63) is 0 Å². The SMILES string of the molecule is CCCNC(CN1CCOCC1(C)C)C1CCCC1. The average molecular weight is 268 g/mol. The van der Waals surface area contributed by atoms with Crippen LogP contribution in [-0.2, 0) is 4.74 Å². The van der Waals surface area contributed by atoms with Crippen molar-refractivity contribution in [1.29, 1.82) is 0 Å². The first-order valence-corrected chi connectivity index (χ1v) is 8.19. The first-order chi connectivity index (χ1) is 9.13. The molecule has 1 aliphatic heterocycles. The van der Waals surface area contributed by atoms with Crippen LogP contribution in [0, 0.1) is 5.92 Å². The van der Waals surface area contributed by atoms with E-state index in [4.69, 9.17) is 4.74 Å². The molecule has 0 bridgehead atoms. The van der Waals surface area contributed by atoms with E-state index in [0.717, 1.165) is 32.2 Å². The molecular weight excluding hydrogens is 236 g/mol. The van der Waals surface area contributed by atoms with E-state index in [1.807, 2.05) is 0 Å². The van der Waals surface area contributed by atoms with Crippen LogP contribution in [0.25, 0.3) is 0 Å². The Morgan fingerprint density at radius 1 is 1.32 bits per heavy atom. The lowest BCUT2D eigenvalue weighted by atomic mass is 9.94. The topological polar surface area (TPSA) is 24.5 Å². The minimum atomic E-state index is 0.197. The Hall–Kier alpha value is -0.120. The van der Waals surface area contributed by atoms with Gasteiger partial charge in [0.25, 0.3) is 0 Å². The van der Waals surface area contributed by atoms with Gasteiger partial charge in [-0.25, -0.2) is 0 Å². The van der Waals surface area contributed by atoms with Crippen molar-refractivity contribution in [1.82, 2.24) is 10.2 Å². The van der Waals surface area contributed by atoms with Crippen molar-refractivity contribution in [2.45, 2.75) is 64.5 Å². The van der Waals surface area contributed by atoms with Gasteiger partial charge in [0, 0.05) is 24.7 Å². The van der Waals surface area contributed by atoms with Gasteiger partial charge < -0.3 is 10.1 Å². The molecule has 2 fully saturated rings. The zero-order valence-electron chi connectivity index (χ0n) is 13.1. The Bertz CT molecular complexity index is 261. The van der Waals surface area contributed by atoms with E-state index in [0.29, 0.717) is 6.04 Å². The predicted octanol–water partition coefficient (Wildman–Crippen LogP) is 2.66. The molecule has 2 rings (SSSR count). The van der Waals surface area contributed by atoms with Crippen LogP contribution in [0.1, 0.15) is 52.9 Å². The van der Waals surface area contributed by atoms with Crippen LogP contribution in [-0.4, -0.2) is 49.3 Å². The lowest BCUT2D eigenvalue weighted by Gasteiger charge is -2.44. The maximum absolute atomic E-state index is 5.64. The molecule has 0 spiro atoms. The Morgan fingerprint density at radius 3 is 2.68 bits per heavy atom. The standard InChI is InChI=1S/C16H32N2O/c1-4-9-17-15(14-7-5-6-8-14)12-18-10-11-19-13-16(18,2)3/h14-15,17H,4-13H2,1-3H3. The molecule has 2 aliphatic rings. The Labute approximate surface area is 119 Å². The highest BCUT2D eigenvalue weighted by Gasteiger charge is 2.34. The van der Waals surface area contributed by atoms with Crippen molar-refractivity contribution in [3.8, 4) is 0 Å². The fourth-order valence-corrected chi connectivity index (χ4v) is 3.54. The van der Waals surface area contributed by atoms with Crippen molar-refractivity contribution >= 4 is 0 Å². The number of hydrogen-bond donors (Lipinski definition) is 1. The van der Waals surface area contributed by atoms with E-state index >= 15 is 0 Å². The van der Waals surface area contributed by atoms with Gasteiger partial charge in [-0.05, 0) is 45.6 Å². The predicted molar refractivity (Wildman–Crippen MR) is 80.5 cm³/mol. The summed E-state index contributed by atoms with van der Waals surface area (Å²) in [5.74, 6) is 0.894. The molecule has 1 N–H and O–H groups in total. The van der Waals surface area contributed by atoms with Gasteiger partial charge in [-0.1, -0.05) is 19.8 Å². The molecule has 1 atom stereocenters. The summed E-state index contributed by atoms with van der Waals surface area (Å²) in [6.07, 6.45) is 6.94. The highest BCUT2D eigenvalue weighted by atomic mass is 16.5. The third-order valence-electron chi connectivity index (χ3n) is 4.86. The summed E-state index contributed by atoms with van der Waals surface area (Å²) < 4.78 is 5.64. The third-order valence-corrected chi connectivity index (χ3v) is 4.86. The molecule has 1 aliphatic carbocycles. The summed E-state index contributed by atoms with van der Waals surface area (Å²) in [6, 6.07) is 0.680. The van der Waals surface area contributed by atoms with Crippen LogP contribution in [0.3, 0.4) is 0 Å². The molecule has 1 unspecified atom stereocenters. The number of hydrogen-bond acceptors (Lipinski definition) is 3. The van der Waals surface area contributed by atoms with Crippen LogP contribution in [0.2, 0.25) is 0 Å². The monoisotopic (exact) mass is 268 g/mol. The molecule has 1 saturated carbocycles. The molecule has 3 nitrogen and oxygen atoms in total. The summed E-state index contributed by atoms with van der Waals surface area (Å²) in [5, 5.41) is 3.81. The largest absolute Gasteiger partial charge is 0.378 e. The Balaban J connectivity index is 1.93. The summed E-state index contributed by atoms with van der Waals surface area (Å²) in [6.45, 7) is 12.1. The number of ether oxygens (including phenoxy) is 1. The summed E-state index contributed by atoms with van der Waals surface area (Å²) in [5.41, 5.74) is 0.197. The van der Waals surface area contributed by atoms with E-state index < -0.39 is 0 Å². The minimum Gasteiger partial charge on any atom is -0.378 e. The molecule has 0 aromatic heterocycles. The van der Waals surface area contributed by atoms with Crippen molar-refractivity contribution in [2.75, 3.05) is 32.8 Å². The fraction of sp³-hybridized carbons (Fsp3) is 1.00. The van der Waals surface area contributed by atoms with Gasteiger partial charge >= 0.3 is 0 Å². The zero-order valence-corrected chi connectivity index (χ0v) is 13.1. The van der Waals surface area contributed by atoms with Gasteiger partial charge in [0.15, 0.2) is 0 Å². The van der Waals surface area contributed by atoms with E-state index in [-0.39, 0.29) is 5.54 Å². The molecule has 0 amide bonds. The second-order valence-electron chi connectivity index (χ2n) is 6.92. The first-order valence-electron chi connectivity index (χ1n) is 8.19. The van der Waals surface area contributed by atoms with Crippen LogP contribution < -0.4 is 5.32 Å². The van der Waals surface area contributed by atoms with Crippen molar-refractivity contribution < 1.29 is 4.74 Å². The maximum atomic E-state index is 5.64. The van der Waals surface area contributed by atoms with Gasteiger partial charge in [-0.3, -0.25) is 4.90 Å². The number of morpholine rings is 1.